The topological polar surface area (TPSA) is 24.9 Å². The first-order valence-electron chi connectivity index (χ1n) is 8.42. The maximum atomic E-state index is 4.67. The van der Waals surface area contributed by atoms with Crippen molar-refractivity contribution in [3.8, 4) is 0 Å². The molecule has 0 aliphatic heterocycles. The summed E-state index contributed by atoms with van der Waals surface area (Å²) in [5.74, 6) is 2.99. The van der Waals surface area contributed by atoms with Crippen molar-refractivity contribution >= 4 is 0 Å². The first kappa shape index (κ1) is 14.1. The van der Waals surface area contributed by atoms with E-state index in [4.69, 9.17) is 0 Å². The molecule has 2 bridgehead atoms. The summed E-state index contributed by atoms with van der Waals surface area (Å²) in [6.45, 7) is 5.54. The smallest absolute Gasteiger partial charge is 0.0602 e. The highest BCUT2D eigenvalue weighted by atomic mass is 14.9. The van der Waals surface area contributed by atoms with E-state index in [1.165, 1.54) is 49.8 Å². The number of hydrogen-bond acceptors (Lipinski definition) is 2. The number of aryl methyl sites for hydroxylation is 1. The van der Waals surface area contributed by atoms with Crippen LogP contribution in [0.25, 0.3) is 0 Å². The molecule has 2 heteroatoms. The summed E-state index contributed by atoms with van der Waals surface area (Å²) in [6.07, 6.45) is 10.4. The number of nitrogens with zero attached hydrogens (tertiary/aromatic N) is 1. The molecule has 4 unspecified atom stereocenters. The minimum atomic E-state index is 0.459. The Bertz CT molecular complexity index is 443. The fourth-order valence-corrected chi connectivity index (χ4v) is 4.44. The van der Waals surface area contributed by atoms with Gasteiger partial charge in [-0.05, 0) is 75.0 Å². The van der Waals surface area contributed by atoms with Gasteiger partial charge in [-0.2, -0.15) is 0 Å². The Labute approximate surface area is 123 Å². The van der Waals surface area contributed by atoms with Crippen LogP contribution >= 0.6 is 0 Å². The van der Waals surface area contributed by atoms with Gasteiger partial charge in [0.15, 0.2) is 0 Å². The predicted molar refractivity (Wildman–Crippen MR) is 83.6 cm³/mol. The number of nitrogens with one attached hydrogen (secondary N) is 1. The van der Waals surface area contributed by atoms with E-state index in [0.29, 0.717) is 6.04 Å². The molecule has 0 amide bonds. The lowest BCUT2D eigenvalue weighted by Gasteiger charge is -2.28. The zero-order valence-corrected chi connectivity index (χ0v) is 12.9. The van der Waals surface area contributed by atoms with Crippen molar-refractivity contribution in [1.82, 2.24) is 10.3 Å². The lowest BCUT2D eigenvalue weighted by Crippen LogP contribution is -2.27. The van der Waals surface area contributed by atoms with E-state index in [2.05, 4.69) is 30.2 Å². The number of rotatable bonds is 6. The summed E-state index contributed by atoms with van der Waals surface area (Å²) in [4.78, 5) is 4.67. The highest BCUT2D eigenvalue weighted by molar-refractivity contribution is 5.21. The van der Waals surface area contributed by atoms with E-state index >= 15 is 0 Å². The second-order valence-corrected chi connectivity index (χ2v) is 6.88. The maximum Gasteiger partial charge on any atom is 0.0602 e. The van der Waals surface area contributed by atoms with Crippen molar-refractivity contribution in [3.05, 3.63) is 29.6 Å². The van der Waals surface area contributed by atoms with E-state index in [0.717, 1.165) is 24.3 Å². The molecule has 2 saturated carbocycles. The quantitative estimate of drug-likeness (QED) is 0.837. The van der Waals surface area contributed by atoms with E-state index in [9.17, 15) is 0 Å². The Morgan fingerprint density at radius 1 is 1.35 bits per heavy atom. The van der Waals surface area contributed by atoms with Crippen LogP contribution in [0.5, 0.6) is 0 Å². The molecule has 2 aliphatic carbocycles. The summed E-state index contributed by atoms with van der Waals surface area (Å²) in [6, 6.07) is 4.71. The van der Waals surface area contributed by atoms with E-state index in [1.807, 2.05) is 12.3 Å². The van der Waals surface area contributed by atoms with Crippen LogP contribution in [0, 0.1) is 24.7 Å². The fourth-order valence-electron chi connectivity index (χ4n) is 4.44. The van der Waals surface area contributed by atoms with E-state index < -0.39 is 0 Å². The summed E-state index contributed by atoms with van der Waals surface area (Å²) < 4.78 is 0. The third kappa shape index (κ3) is 2.90. The largest absolute Gasteiger partial charge is 0.309 e. The van der Waals surface area contributed by atoms with Gasteiger partial charge in [0.1, 0.15) is 0 Å². The highest BCUT2D eigenvalue weighted by Crippen LogP contribution is 2.50. The van der Waals surface area contributed by atoms with Crippen molar-refractivity contribution in [3.63, 3.8) is 0 Å². The van der Waals surface area contributed by atoms with Crippen molar-refractivity contribution in [2.24, 2.45) is 17.8 Å². The number of fused-ring (bicyclic) bond motifs is 2. The summed E-state index contributed by atoms with van der Waals surface area (Å²) in [7, 11) is 0. The zero-order chi connectivity index (χ0) is 13.9. The number of pyridine rings is 1. The molecule has 1 N–H and O–H groups in total. The molecule has 1 aromatic heterocycles. The molecule has 1 heterocycles. The SMILES string of the molecule is CCCNC(CC1CC2CCC1C2)c1ncccc1C. The molecule has 0 radical (unpaired) electrons. The highest BCUT2D eigenvalue weighted by Gasteiger charge is 2.40. The van der Waals surface area contributed by atoms with Gasteiger partial charge >= 0.3 is 0 Å². The molecule has 0 spiro atoms. The molecule has 0 saturated heterocycles. The van der Waals surface area contributed by atoms with E-state index in [1.54, 1.807) is 0 Å². The number of aromatic nitrogens is 1. The second-order valence-electron chi connectivity index (χ2n) is 6.88. The first-order chi connectivity index (χ1) is 9.78. The van der Waals surface area contributed by atoms with Crippen LogP contribution < -0.4 is 5.32 Å². The molecule has 2 aliphatic rings. The fraction of sp³-hybridized carbons (Fsp3) is 0.722. The van der Waals surface area contributed by atoms with Crippen LogP contribution in [0.1, 0.15) is 62.7 Å². The summed E-state index contributed by atoms with van der Waals surface area (Å²) >= 11 is 0. The molecular weight excluding hydrogens is 244 g/mol. The van der Waals surface area contributed by atoms with Crippen molar-refractivity contribution in [2.75, 3.05) is 6.54 Å². The molecule has 20 heavy (non-hydrogen) atoms. The predicted octanol–water partition coefficient (Wildman–Crippen LogP) is 4.26. The molecule has 3 rings (SSSR count). The van der Waals surface area contributed by atoms with Gasteiger partial charge in [-0.25, -0.2) is 0 Å². The summed E-state index contributed by atoms with van der Waals surface area (Å²) in [5.41, 5.74) is 2.62. The Morgan fingerprint density at radius 3 is 2.90 bits per heavy atom. The molecule has 4 atom stereocenters. The minimum absolute atomic E-state index is 0.459. The normalized spacial score (nSPS) is 29.8. The van der Waals surface area contributed by atoms with Crippen LogP contribution in [0.3, 0.4) is 0 Å². The van der Waals surface area contributed by atoms with Gasteiger partial charge < -0.3 is 5.32 Å². The minimum Gasteiger partial charge on any atom is -0.309 e. The van der Waals surface area contributed by atoms with Gasteiger partial charge in [-0.3, -0.25) is 4.98 Å². The first-order valence-corrected chi connectivity index (χ1v) is 8.42. The third-order valence-electron chi connectivity index (χ3n) is 5.44. The van der Waals surface area contributed by atoms with Gasteiger partial charge in [0, 0.05) is 6.20 Å². The average Bonchev–Trinajstić information content (AvgIpc) is 3.06. The van der Waals surface area contributed by atoms with Crippen LogP contribution in [0.2, 0.25) is 0 Å². The van der Waals surface area contributed by atoms with Crippen molar-refractivity contribution in [2.45, 2.75) is 58.4 Å². The Kier molecular flexibility index (Phi) is 4.40. The molecule has 0 aromatic carbocycles. The van der Waals surface area contributed by atoms with Gasteiger partial charge in [0.2, 0.25) is 0 Å². The average molecular weight is 272 g/mol. The standard InChI is InChI=1S/C18H28N2/c1-3-8-19-17(18-13(2)5-4-9-20-18)12-16-11-14-6-7-15(16)10-14/h4-5,9,14-17,19H,3,6-8,10-12H2,1-2H3. The Balaban J connectivity index is 1.71. The molecule has 110 valence electrons. The molecule has 1 aromatic rings. The summed E-state index contributed by atoms with van der Waals surface area (Å²) in [5, 5.41) is 3.75. The van der Waals surface area contributed by atoms with Gasteiger partial charge in [0.05, 0.1) is 11.7 Å². The lowest BCUT2D eigenvalue weighted by atomic mass is 9.83. The lowest BCUT2D eigenvalue weighted by molar-refractivity contribution is 0.277. The molecule has 2 fully saturated rings. The second kappa shape index (κ2) is 6.26. The van der Waals surface area contributed by atoms with Gasteiger partial charge in [-0.1, -0.05) is 19.4 Å². The molecular formula is C18H28N2. The van der Waals surface area contributed by atoms with Crippen LogP contribution in [-0.2, 0) is 0 Å². The van der Waals surface area contributed by atoms with Crippen molar-refractivity contribution < 1.29 is 0 Å². The third-order valence-corrected chi connectivity index (χ3v) is 5.44. The Hall–Kier alpha value is -0.890. The van der Waals surface area contributed by atoms with Crippen LogP contribution in [0.4, 0.5) is 0 Å². The monoisotopic (exact) mass is 272 g/mol. The number of hydrogen-bond donors (Lipinski definition) is 1. The zero-order valence-electron chi connectivity index (χ0n) is 12.9. The van der Waals surface area contributed by atoms with Crippen LogP contribution in [0.15, 0.2) is 18.3 Å². The van der Waals surface area contributed by atoms with E-state index in [-0.39, 0.29) is 0 Å². The van der Waals surface area contributed by atoms with Gasteiger partial charge in [-0.15, -0.1) is 0 Å². The van der Waals surface area contributed by atoms with Crippen molar-refractivity contribution in [1.29, 1.82) is 0 Å². The van der Waals surface area contributed by atoms with Gasteiger partial charge in [0.25, 0.3) is 0 Å². The molecule has 2 nitrogen and oxygen atoms in total. The Morgan fingerprint density at radius 2 is 2.25 bits per heavy atom. The maximum absolute atomic E-state index is 4.67. The van der Waals surface area contributed by atoms with Crippen LogP contribution in [-0.4, -0.2) is 11.5 Å².